The van der Waals surface area contributed by atoms with E-state index in [2.05, 4.69) is 25.9 Å². The van der Waals surface area contributed by atoms with E-state index in [9.17, 15) is 4.79 Å². The molecule has 2 aromatic heterocycles. The number of carboxylic acid groups (broad SMARTS) is 1. The van der Waals surface area contributed by atoms with Gasteiger partial charge in [-0.3, -0.25) is 0 Å². The Morgan fingerprint density at radius 2 is 1.79 bits per heavy atom. The Morgan fingerprint density at radius 3 is 2.50 bits per heavy atom. The minimum Gasteiger partial charge on any atom is -0.477 e. The fourth-order valence-corrected chi connectivity index (χ4v) is 1.43. The third kappa shape index (κ3) is 1.58. The summed E-state index contributed by atoms with van der Waals surface area (Å²) < 4.78 is 0.704. The van der Waals surface area contributed by atoms with Crippen LogP contribution in [0.25, 0.3) is 11.0 Å². The van der Waals surface area contributed by atoms with Gasteiger partial charge in [0.2, 0.25) is 0 Å². The number of carboxylic acids is 1. The maximum absolute atomic E-state index is 10.6. The molecule has 70 valence electrons. The summed E-state index contributed by atoms with van der Waals surface area (Å²) in [4.78, 5) is 18.7. The second-order valence-corrected chi connectivity index (χ2v) is 3.49. The molecule has 1 N–H and O–H groups in total. The zero-order valence-electron chi connectivity index (χ0n) is 6.94. The molecular weight excluding hydrogens is 248 g/mol. The Labute approximate surface area is 87.7 Å². The average molecular weight is 253 g/mol. The van der Waals surface area contributed by atoms with Gasteiger partial charge in [0.1, 0.15) is 10.3 Å². The number of carbonyl (C=O) groups is 1. The molecule has 0 aromatic carbocycles. The molecule has 0 spiro atoms. The molecule has 0 unspecified atom stereocenters. The van der Waals surface area contributed by atoms with Crippen LogP contribution in [0, 0.1) is 0 Å². The molecule has 0 saturated heterocycles. The number of aromatic carboxylic acids is 1. The Kier molecular flexibility index (Phi) is 2.17. The predicted molar refractivity (Wildman–Crippen MR) is 54.2 cm³/mol. The first-order chi connectivity index (χ1) is 6.66. The van der Waals surface area contributed by atoms with Crippen LogP contribution in [0.3, 0.4) is 0 Å². The summed E-state index contributed by atoms with van der Waals surface area (Å²) in [6.45, 7) is 0. The molecule has 0 aliphatic rings. The van der Waals surface area contributed by atoms with E-state index in [0.29, 0.717) is 15.6 Å². The van der Waals surface area contributed by atoms with Gasteiger partial charge < -0.3 is 5.11 Å². The van der Waals surface area contributed by atoms with Crippen LogP contribution in [0.4, 0.5) is 0 Å². The van der Waals surface area contributed by atoms with Gasteiger partial charge in [0.25, 0.3) is 0 Å². The van der Waals surface area contributed by atoms with Crippen LogP contribution in [0.1, 0.15) is 10.5 Å². The lowest BCUT2D eigenvalue weighted by Gasteiger charge is -1.98. The summed E-state index contributed by atoms with van der Waals surface area (Å²) in [5, 5.41) is 8.71. The molecule has 0 saturated carbocycles. The third-order valence-corrected chi connectivity index (χ3v) is 2.17. The van der Waals surface area contributed by atoms with E-state index in [4.69, 9.17) is 5.11 Å². The maximum Gasteiger partial charge on any atom is 0.354 e. The van der Waals surface area contributed by atoms with Crippen molar-refractivity contribution >= 4 is 32.9 Å². The summed E-state index contributed by atoms with van der Waals surface area (Å²) in [5.41, 5.74) is 1.28. The van der Waals surface area contributed by atoms with E-state index in [1.54, 1.807) is 18.2 Å². The summed E-state index contributed by atoms with van der Waals surface area (Å²) in [7, 11) is 0. The zero-order chi connectivity index (χ0) is 10.1. The summed E-state index contributed by atoms with van der Waals surface area (Å²) >= 11 is 3.22. The van der Waals surface area contributed by atoms with Crippen molar-refractivity contribution in [2.45, 2.75) is 0 Å². The van der Waals surface area contributed by atoms with Gasteiger partial charge in [0.05, 0.1) is 11.0 Å². The van der Waals surface area contributed by atoms with Crippen molar-refractivity contribution < 1.29 is 9.90 Å². The number of aromatic nitrogens is 2. The highest BCUT2D eigenvalue weighted by molar-refractivity contribution is 9.10. The number of hydrogen-bond donors (Lipinski definition) is 1. The summed E-state index contributed by atoms with van der Waals surface area (Å²) in [6, 6.07) is 6.51. The van der Waals surface area contributed by atoms with Crippen molar-refractivity contribution in [3.63, 3.8) is 0 Å². The van der Waals surface area contributed by atoms with Gasteiger partial charge in [-0.05, 0) is 40.2 Å². The van der Waals surface area contributed by atoms with E-state index >= 15 is 0 Å². The van der Waals surface area contributed by atoms with Gasteiger partial charge in [0.15, 0.2) is 0 Å². The summed E-state index contributed by atoms with van der Waals surface area (Å²) in [6.07, 6.45) is 0. The van der Waals surface area contributed by atoms with Crippen LogP contribution in [0.2, 0.25) is 0 Å². The van der Waals surface area contributed by atoms with Crippen LogP contribution in [0.15, 0.2) is 28.9 Å². The standard InChI is InChI=1S/C9H5BrN2O2/c10-8-4-3-5-6(12-8)1-2-7(11-5)9(13)14/h1-4H,(H,13,14). The van der Waals surface area contributed by atoms with Crippen LogP contribution < -0.4 is 0 Å². The van der Waals surface area contributed by atoms with Crippen molar-refractivity contribution in [1.29, 1.82) is 0 Å². The molecule has 5 heteroatoms. The van der Waals surface area contributed by atoms with Gasteiger partial charge >= 0.3 is 5.97 Å². The first-order valence-electron chi connectivity index (χ1n) is 3.83. The van der Waals surface area contributed by atoms with Crippen molar-refractivity contribution in [3.8, 4) is 0 Å². The predicted octanol–water partition coefficient (Wildman–Crippen LogP) is 2.09. The largest absolute Gasteiger partial charge is 0.477 e. The van der Waals surface area contributed by atoms with E-state index in [1.807, 2.05) is 0 Å². The normalized spacial score (nSPS) is 10.4. The van der Waals surface area contributed by atoms with Gasteiger partial charge in [-0.1, -0.05) is 0 Å². The minimum absolute atomic E-state index is 0.0293. The quantitative estimate of drug-likeness (QED) is 0.790. The molecule has 4 nitrogen and oxygen atoms in total. The highest BCUT2D eigenvalue weighted by atomic mass is 79.9. The number of rotatable bonds is 1. The molecule has 0 aliphatic heterocycles. The smallest absolute Gasteiger partial charge is 0.354 e. The molecule has 0 amide bonds. The minimum atomic E-state index is -1.03. The molecule has 2 rings (SSSR count). The number of hydrogen-bond acceptors (Lipinski definition) is 3. The Morgan fingerprint density at radius 1 is 1.14 bits per heavy atom. The van der Waals surface area contributed by atoms with Crippen molar-refractivity contribution in [2.24, 2.45) is 0 Å². The molecular formula is C9H5BrN2O2. The van der Waals surface area contributed by atoms with Crippen LogP contribution in [0.5, 0.6) is 0 Å². The lowest BCUT2D eigenvalue weighted by atomic mass is 10.3. The fraction of sp³-hybridized carbons (Fsp3) is 0. The molecule has 0 fully saturated rings. The van der Waals surface area contributed by atoms with E-state index in [-0.39, 0.29) is 5.69 Å². The average Bonchev–Trinajstić information content (AvgIpc) is 2.16. The van der Waals surface area contributed by atoms with Gasteiger partial charge in [-0.25, -0.2) is 14.8 Å². The summed E-state index contributed by atoms with van der Waals surface area (Å²) in [5.74, 6) is -1.03. The Hall–Kier alpha value is -1.49. The SMILES string of the molecule is O=C(O)c1ccc2nc(Br)ccc2n1. The Balaban J connectivity index is 2.67. The first-order valence-corrected chi connectivity index (χ1v) is 4.63. The van der Waals surface area contributed by atoms with E-state index in [0.717, 1.165) is 0 Å². The highest BCUT2D eigenvalue weighted by Gasteiger charge is 2.05. The number of pyridine rings is 2. The molecule has 2 heterocycles. The van der Waals surface area contributed by atoms with Crippen LogP contribution in [-0.2, 0) is 0 Å². The van der Waals surface area contributed by atoms with Gasteiger partial charge in [-0.15, -0.1) is 0 Å². The van der Waals surface area contributed by atoms with E-state index < -0.39 is 5.97 Å². The first kappa shape index (κ1) is 9.08. The highest BCUT2D eigenvalue weighted by Crippen LogP contribution is 2.14. The second-order valence-electron chi connectivity index (χ2n) is 2.67. The lowest BCUT2D eigenvalue weighted by Crippen LogP contribution is -2.00. The Bertz CT molecular complexity index is 513. The molecule has 0 bridgehead atoms. The zero-order valence-corrected chi connectivity index (χ0v) is 8.52. The van der Waals surface area contributed by atoms with Gasteiger partial charge in [-0.2, -0.15) is 0 Å². The van der Waals surface area contributed by atoms with Crippen molar-refractivity contribution in [2.75, 3.05) is 0 Å². The topological polar surface area (TPSA) is 63.1 Å². The molecule has 14 heavy (non-hydrogen) atoms. The molecule has 0 radical (unpaired) electrons. The van der Waals surface area contributed by atoms with Crippen LogP contribution in [-0.4, -0.2) is 21.0 Å². The molecule has 0 atom stereocenters. The van der Waals surface area contributed by atoms with E-state index in [1.165, 1.54) is 6.07 Å². The monoisotopic (exact) mass is 252 g/mol. The number of nitrogens with zero attached hydrogens (tertiary/aromatic N) is 2. The maximum atomic E-state index is 10.6. The second kappa shape index (κ2) is 3.34. The molecule has 2 aromatic rings. The number of halogens is 1. The third-order valence-electron chi connectivity index (χ3n) is 1.73. The molecule has 0 aliphatic carbocycles. The lowest BCUT2D eigenvalue weighted by molar-refractivity contribution is 0.0691. The van der Waals surface area contributed by atoms with Crippen molar-refractivity contribution in [1.82, 2.24) is 9.97 Å². The fourth-order valence-electron chi connectivity index (χ4n) is 1.10. The number of fused-ring (bicyclic) bond motifs is 1. The van der Waals surface area contributed by atoms with Crippen LogP contribution >= 0.6 is 15.9 Å². The van der Waals surface area contributed by atoms with Crippen molar-refractivity contribution in [3.05, 3.63) is 34.6 Å². The van der Waals surface area contributed by atoms with Gasteiger partial charge in [0, 0.05) is 0 Å².